The van der Waals surface area contributed by atoms with E-state index < -0.39 is 21.5 Å². The Morgan fingerprint density at radius 3 is 2.74 bits per heavy atom. The molecule has 9 heteroatoms. The van der Waals surface area contributed by atoms with Crippen molar-refractivity contribution in [3.05, 3.63) is 46.8 Å². The van der Waals surface area contributed by atoms with Crippen LogP contribution in [0.3, 0.4) is 0 Å². The minimum absolute atomic E-state index is 0.0103. The predicted octanol–water partition coefficient (Wildman–Crippen LogP) is 2.55. The molecule has 1 aliphatic rings. The van der Waals surface area contributed by atoms with E-state index in [0.717, 1.165) is 25.6 Å². The molecule has 0 unspecified atom stereocenters. The molecule has 1 aromatic carbocycles. The van der Waals surface area contributed by atoms with Crippen LogP contribution in [0, 0.1) is 18.6 Å². The summed E-state index contributed by atoms with van der Waals surface area (Å²) >= 11 is 0. The highest BCUT2D eigenvalue weighted by molar-refractivity contribution is 7.90. The first-order chi connectivity index (χ1) is 12.8. The Morgan fingerprint density at radius 1 is 1.30 bits per heavy atom. The van der Waals surface area contributed by atoms with Gasteiger partial charge in [0.1, 0.15) is 4.90 Å². The first-order valence-electron chi connectivity index (χ1n) is 8.72. The van der Waals surface area contributed by atoms with E-state index in [4.69, 9.17) is 0 Å². The van der Waals surface area contributed by atoms with Crippen LogP contribution < -0.4 is 10.6 Å². The van der Waals surface area contributed by atoms with E-state index in [0.29, 0.717) is 12.2 Å². The lowest BCUT2D eigenvalue weighted by atomic mass is 9.96. The van der Waals surface area contributed by atoms with Gasteiger partial charge in [0.2, 0.25) is 5.95 Å². The molecule has 0 aliphatic carbocycles. The fraction of sp³-hybridized carbons (Fsp3) is 0.444. The molecule has 1 saturated heterocycles. The normalized spacial score (nSPS) is 17.7. The van der Waals surface area contributed by atoms with Gasteiger partial charge in [-0.25, -0.2) is 27.2 Å². The Kier molecular flexibility index (Phi) is 5.71. The van der Waals surface area contributed by atoms with Crippen LogP contribution in [-0.4, -0.2) is 37.7 Å². The summed E-state index contributed by atoms with van der Waals surface area (Å²) in [5.41, 5.74) is 0.838. The molecule has 146 valence electrons. The molecule has 27 heavy (non-hydrogen) atoms. The van der Waals surface area contributed by atoms with Crippen molar-refractivity contribution in [2.75, 3.05) is 24.7 Å². The second-order valence-corrected chi connectivity index (χ2v) is 8.77. The van der Waals surface area contributed by atoms with Crippen molar-refractivity contribution in [1.29, 1.82) is 0 Å². The van der Waals surface area contributed by atoms with Crippen molar-refractivity contribution in [1.82, 2.24) is 15.3 Å². The Labute approximate surface area is 157 Å². The van der Waals surface area contributed by atoms with Crippen LogP contribution in [-0.2, 0) is 16.4 Å². The predicted molar refractivity (Wildman–Crippen MR) is 98.4 cm³/mol. The highest BCUT2D eigenvalue weighted by Crippen LogP contribution is 2.28. The van der Waals surface area contributed by atoms with Gasteiger partial charge in [-0.05, 0) is 31.9 Å². The summed E-state index contributed by atoms with van der Waals surface area (Å²) in [5.74, 6) is -1.65. The summed E-state index contributed by atoms with van der Waals surface area (Å²) in [4.78, 5) is 8.54. The second kappa shape index (κ2) is 7.85. The van der Waals surface area contributed by atoms with Crippen molar-refractivity contribution in [2.45, 2.75) is 37.1 Å². The van der Waals surface area contributed by atoms with E-state index in [9.17, 15) is 17.2 Å². The monoisotopic (exact) mass is 396 g/mol. The summed E-state index contributed by atoms with van der Waals surface area (Å²) in [6.45, 7) is 3.01. The molecule has 3 rings (SSSR count). The van der Waals surface area contributed by atoms with Gasteiger partial charge in [-0.3, -0.25) is 0 Å². The average molecular weight is 396 g/mol. The molecule has 1 fully saturated rings. The maximum absolute atomic E-state index is 14.0. The molecule has 0 saturated carbocycles. The lowest BCUT2D eigenvalue weighted by molar-refractivity contribution is 0.448. The van der Waals surface area contributed by atoms with E-state index in [2.05, 4.69) is 20.6 Å². The van der Waals surface area contributed by atoms with Gasteiger partial charge in [0.15, 0.2) is 21.5 Å². The first kappa shape index (κ1) is 19.6. The SMILES string of the molecule is Cc1ccc(CNc2ncc(S(C)(=O)=O)c([C@H]3CCCNC3)n2)c(F)c1F. The van der Waals surface area contributed by atoms with Crippen molar-refractivity contribution in [3.8, 4) is 0 Å². The van der Waals surface area contributed by atoms with Gasteiger partial charge in [0.05, 0.1) is 11.9 Å². The number of sulfone groups is 1. The fourth-order valence-electron chi connectivity index (χ4n) is 3.13. The minimum Gasteiger partial charge on any atom is -0.350 e. The summed E-state index contributed by atoms with van der Waals surface area (Å²) < 4.78 is 51.9. The van der Waals surface area contributed by atoms with Crippen LogP contribution in [0.2, 0.25) is 0 Å². The van der Waals surface area contributed by atoms with Gasteiger partial charge < -0.3 is 10.6 Å². The molecular formula is C18H22F2N4O2S. The first-order valence-corrected chi connectivity index (χ1v) is 10.6. The zero-order chi connectivity index (χ0) is 19.6. The van der Waals surface area contributed by atoms with Gasteiger partial charge in [0.25, 0.3) is 0 Å². The van der Waals surface area contributed by atoms with Crippen molar-refractivity contribution >= 4 is 15.8 Å². The molecule has 1 aliphatic heterocycles. The number of halogens is 2. The van der Waals surface area contributed by atoms with Crippen LogP contribution in [0.4, 0.5) is 14.7 Å². The Balaban J connectivity index is 1.87. The highest BCUT2D eigenvalue weighted by Gasteiger charge is 2.25. The van der Waals surface area contributed by atoms with Gasteiger partial charge in [0, 0.05) is 30.8 Å². The van der Waals surface area contributed by atoms with Gasteiger partial charge in [-0.15, -0.1) is 0 Å². The lowest BCUT2D eigenvalue weighted by Crippen LogP contribution is -2.30. The fourth-order valence-corrected chi connectivity index (χ4v) is 3.97. The summed E-state index contributed by atoms with van der Waals surface area (Å²) in [6, 6.07) is 3.00. The lowest BCUT2D eigenvalue weighted by Gasteiger charge is -2.24. The van der Waals surface area contributed by atoms with Crippen molar-refractivity contribution < 1.29 is 17.2 Å². The molecular weight excluding hydrogens is 374 g/mol. The molecule has 6 nitrogen and oxygen atoms in total. The van der Waals surface area contributed by atoms with Crippen LogP contribution in [0.15, 0.2) is 23.2 Å². The summed E-state index contributed by atoms with van der Waals surface area (Å²) in [5, 5.41) is 6.10. The van der Waals surface area contributed by atoms with E-state index in [1.54, 1.807) is 0 Å². The van der Waals surface area contributed by atoms with Crippen molar-refractivity contribution in [3.63, 3.8) is 0 Å². The third kappa shape index (κ3) is 4.41. The average Bonchev–Trinajstić information content (AvgIpc) is 2.65. The van der Waals surface area contributed by atoms with Crippen LogP contribution in [0.1, 0.15) is 35.6 Å². The highest BCUT2D eigenvalue weighted by atomic mass is 32.2. The van der Waals surface area contributed by atoms with E-state index in [1.165, 1.54) is 25.3 Å². The maximum atomic E-state index is 14.0. The molecule has 1 aromatic heterocycles. The number of rotatable bonds is 5. The number of aromatic nitrogens is 2. The van der Waals surface area contributed by atoms with Gasteiger partial charge in [-0.1, -0.05) is 12.1 Å². The van der Waals surface area contributed by atoms with Gasteiger partial charge >= 0.3 is 0 Å². The zero-order valence-electron chi connectivity index (χ0n) is 15.2. The Hall–Kier alpha value is -2.13. The molecule has 2 N–H and O–H groups in total. The smallest absolute Gasteiger partial charge is 0.223 e. The standard InChI is InChI=1S/C18H22F2N4O2S/c1-11-5-6-12(16(20)15(11)19)9-22-18-23-10-14(27(2,25)26)17(24-18)13-4-3-7-21-8-13/h5-6,10,13,21H,3-4,7-9H2,1-2H3,(H,22,23,24)/t13-/m0/s1. The third-order valence-electron chi connectivity index (χ3n) is 4.66. The number of piperidine rings is 1. The number of anilines is 1. The Bertz CT molecular complexity index is 945. The van der Waals surface area contributed by atoms with E-state index in [1.807, 2.05) is 0 Å². The quantitative estimate of drug-likeness (QED) is 0.808. The topological polar surface area (TPSA) is 84.0 Å². The maximum Gasteiger partial charge on any atom is 0.223 e. The molecule has 0 bridgehead atoms. The minimum atomic E-state index is -3.47. The summed E-state index contributed by atoms with van der Waals surface area (Å²) in [7, 11) is -3.47. The number of aryl methyl sites for hydroxylation is 1. The molecule has 1 atom stereocenters. The molecule has 0 radical (unpaired) electrons. The largest absolute Gasteiger partial charge is 0.350 e. The molecule has 2 aromatic rings. The van der Waals surface area contributed by atoms with Crippen LogP contribution in [0.25, 0.3) is 0 Å². The number of nitrogens with one attached hydrogen (secondary N) is 2. The van der Waals surface area contributed by atoms with Crippen LogP contribution >= 0.6 is 0 Å². The number of hydrogen-bond donors (Lipinski definition) is 2. The van der Waals surface area contributed by atoms with E-state index >= 15 is 0 Å². The second-order valence-electron chi connectivity index (χ2n) is 6.78. The summed E-state index contributed by atoms with van der Waals surface area (Å²) in [6.07, 6.45) is 4.15. The number of benzene rings is 1. The number of nitrogens with zero attached hydrogens (tertiary/aromatic N) is 2. The molecule has 2 heterocycles. The van der Waals surface area contributed by atoms with Gasteiger partial charge in [-0.2, -0.15) is 0 Å². The Morgan fingerprint density at radius 2 is 2.07 bits per heavy atom. The molecule has 0 spiro atoms. The third-order valence-corrected chi connectivity index (χ3v) is 5.77. The van der Waals surface area contributed by atoms with E-state index in [-0.39, 0.29) is 34.4 Å². The zero-order valence-corrected chi connectivity index (χ0v) is 16.0. The van der Waals surface area contributed by atoms with Crippen molar-refractivity contribution in [2.24, 2.45) is 0 Å². The molecule has 0 amide bonds. The number of hydrogen-bond acceptors (Lipinski definition) is 6. The van der Waals surface area contributed by atoms with Crippen LogP contribution in [0.5, 0.6) is 0 Å².